The van der Waals surface area contributed by atoms with E-state index in [2.05, 4.69) is 21.2 Å². The second kappa shape index (κ2) is 9.19. The summed E-state index contributed by atoms with van der Waals surface area (Å²) >= 11 is 3.12. The van der Waals surface area contributed by atoms with Crippen molar-refractivity contribution in [1.82, 2.24) is 4.90 Å². The van der Waals surface area contributed by atoms with E-state index in [0.717, 1.165) is 0 Å². The number of nitrogens with two attached hydrogens (primary N) is 1. The smallest absolute Gasteiger partial charge is 0.255 e. The summed E-state index contributed by atoms with van der Waals surface area (Å²) in [6.45, 7) is 3.18. The second-order valence-corrected chi connectivity index (χ2v) is 11.5. The molecule has 8 N–H and O–H groups in total. The van der Waals surface area contributed by atoms with Gasteiger partial charge >= 0.3 is 0 Å². The molecule has 38 heavy (non-hydrogen) atoms. The van der Waals surface area contributed by atoms with Gasteiger partial charge < -0.3 is 36.6 Å². The number of alkyl halides is 1. The number of nitrogens with zero attached hydrogens (tertiary/aromatic N) is 1. The van der Waals surface area contributed by atoms with E-state index in [-0.39, 0.29) is 11.3 Å². The molecule has 0 heterocycles. The lowest BCUT2D eigenvalue weighted by molar-refractivity contribution is -0.169. The summed E-state index contributed by atoms with van der Waals surface area (Å²) in [4.78, 5) is 52.0. The first kappa shape index (κ1) is 27.8. The fraction of sp³-hybridized carbons (Fsp3) is 0.440. The minimum atomic E-state index is -2.99. The number of amides is 2. The SMILES string of the molecule is CC(Br)C(=O)Nc1ccc2c(c1O)C(O)=C1C(=O)[C@]3(O)C(O)=C(C(N)=O)C(=O)[C@@H](N(C)C)C3C(O)C1C2C. The van der Waals surface area contributed by atoms with Crippen molar-refractivity contribution in [3.05, 3.63) is 40.2 Å². The van der Waals surface area contributed by atoms with Gasteiger partial charge in [-0.25, -0.2) is 0 Å². The molecule has 12 nitrogen and oxygen atoms in total. The number of nitrogens with one attached hydrogen (secondary N) is 1. The molecule has 5 unspecified atom stereocenters. The summed E-state index contributed by atoms with van der Waals surface area (Å²) in [5.41, 5.74) is 0.879. The van der Waals surface area contributed by atoms with Gasteiger partial charge in [-0.2, -0.15) is 0 Å². The highest BCUT2D eigenvalue weighted by Crippen LogP contribution is 2.56. The molecule has 0 aromatic heterocycles. The first-order chi connectivity index (χ1) is 17.6. The van der Waals surface area contributed by atoms with Gasteiger partial charge in [-0.1, -0.05) is 28.9 Å². The van der Waals surface area contributed by atoms with Crippen molar-refractivity contribution >= 4 is 50.8 Å². The molecule has 0 spiro atoms. The van der Waals surface area contributed by atoms with Gasteiger partial charge in [0.05, 0.1) is 34.1 Å². The molecule has 1 aromatic carbocycles. The molecule has 0 bridgehead atoms. The number of benzene rings is 1. The number of Topliss-reactive ketones (excluding diaryl/α,β-unsaturated/α-hetero) is 2. The molecular formula is C25H28BrN3O9. The number of hydrogen-bond donors (Lipinski definition) is 7. The van der Waals surface area contributed by atoms with Gasteiger partial charge in [0.15, 0.2) is 11.4 Å². The van der Waals surface area contributed by atoms with E-state index < -0.39 is 92.1 Å². The number of carbonyl (C=O) groups is 4. The maximum absolute atomic E-state index is 13.9. The molecule has 2 amide bonds. The van der Waals surface area contributed by atoms with Crippen LogP contribution in [0.15, 0.2) is 29.0 Å². The standard InChI is InChI=1S/C25H28BrN3O9/c1-7-9-5-6-10(28-24(37)8(2)26)17(30)12(9)18(31)13-11(7)19(32)15-16(29(3)4)20(33)14(23(27)36)22(35)25(15,38)21(13)34/h5-8,11,15-16,19,30-32,35,38H,1-4H3,(H2,27,36)(H,28,37)/t7?,8?,11?,15?,16-,19?,25-/m0/s1. The highest BCUT2D eigenvalue weighted by atomic mass is 79.9. The van der Waals surface area contributed by atoms with Crippen LogP contribution in [-0.4, -0.2) is 90.5 Å². The summed E-state index contributed by atoms with van der Waals surface area (Å²) in [6.07, 6.45) is -1.68. The minimum Gasteiger partial charge on any atom is -0.508 e. The van der Waals surface area contributed by atoms with Crippen LogP contribution >= 0.6 is 15.9 Å². The molecule has 0 aliphatic heterocycles. The molecule has 1 saturated carbocycles. The highest BCUT2D eigenvalue weighted by molar-refractivity contribution is 9.10. The number of aromatic hydroxyl groups is 1. The number of rotatable bonds is 4. The lowest BCUT2D eigenvalue weighted by Gasteiger charge is -2.53. The zero-order chi connectivity index (χ0) is 28.6. The fourth-order valence-corrected chi connectivity index (χ4v) is 6.06. The molecule has 13 heteroatoms. The Kier molecular flexibility index (Phi) is 6.71. The largest absolute Gasteiger partial charge is 0.508 e. The van der Waals surface area contributed by atoms with Crippen LogP contribution in [0.1, 0.15) is 30.9 Å². The summed E-state index contributed by atoms with van der Waals surface area (Å²) < 4.78 is 0. The van der Waals surface area contributed by atoms with Gasteiger partial charge in [-0.15, -0.1) is 0 Å². The van der Waals surface area contributed by atoms with Crippen LogP contribution in [0.5, 0.6) is 5.75 Å². The van der Waals surface area contributed by atoms with Crippen LogP contribution in [-0.2, 0) is 19.2 Å². The molecule has 3 aliphatic rings. The van der Waals surface area contributed by atoms with Crippen LogP contribution in [0.25, 0.3) is 5.76 Å². The topological polar surface area (TPSA) is 211 Å². The maximum atomic E-state index is 13.9. The predicted molar refractivity (Wildman–Crippen MR) is 137 cm³/mol. The molecule has 0 radical (unpaired) electrons. The third-order valence-corrected chi connectivity index (χ3v) is 8.16. The summed E-state index contributed by atoms with van der Waals surface area (Å²) in [5.74, 6) is -10.3. The van der Waals surface area contributed by atoms with Crippen molar-refractivity contribution in [3.63, 3.8) is 0 Å². The molecule has 3 aliphatic carbocycles. The van der Waals surface area contributed by atoms with Gasteiger partial charge in [0, 0.05) is 11.5 Å². The van der Waals surface area contributed by atoms with E-state index >= 15 is 0 Å². The van der Waals surface area contributed by atoms with E-state index in [0.29, 0.717) is 5.56 Å². The Hall–Kier alpha value is -3.26. The third kappa shape index (κ3) is 3.60. The van der Waals surface area contributed by atoms with Gasteiger partial charge in [-0.3, -0.25) is 24.1 Å². The van der Waals surface area contributed by atoms with Crippen molar-refractivity contribution in [3.8, 4) is 5.75 Å². The molecule has 4 rings (SSSR count). The number of ketones is 2. The number of anilines is 1. The molecule has 204 valence electrons. The Balaban J connectivity index is 1.99. The Labute approximate surface area is 225 Å². The quantitative estimate of drug-likeness (QED) is 0.143. The van der Waals surface area contributed by atoms with E-state index in [4.69, 9.17) is 5.73 Å². The molecule has 0 saturated heterocycles. The van der Waals surface area contributed by atoms with Crippen molar-refractivity contribution in [2.45, 2.75) is 42.3 Å². The van der Waals surface area contributed by atoms with Gasteiger partial charge in [0.1, 0.15) is 22.8 Å². The number of hydrogen-bond acceptors (Lipinski definition) is 10. The van der Waals surface area contributed by atoms with Crippen molar-refractivity contribution in [1.29, 1.82) is 0 Å². The molecule has 1 aromatic rings. The van der Waals surface area contributed by atoms with E-state index in [1.54, 1.807) is 13.8 Å². The van der Waals surface area contributed by atoms with Crippen LogP contribution in [0, 0.1) is 11.8 Å². The van der Waals surface area contributed by atoms with Crippen LogP contribution < -0.4 is 11.1 Å². The first-order valence-corrected chi connectivity index (χ1v) is 12.6. The third-order valence-electron chi connectivity index (χ3n) is 7.75. The number of phenolic OH excluding ortho intramolecular Hbond substituents is 1. The molecule has 7 atom stereocenters. The lowest BCUT2D eigenvalue weighted by Crippen LogP contribution is -2.70. The summed E-state index contributed by atoms with van der Waals surface area (Å²) in [5, 5.41) is 58.9. The minimum absolute atomic E-state index is 0.0621. The average Bonchev–Trinajstić information content (AvgIpc) is 2.82. The molecular weight excluding hydrogens is 566 g/mol. The Morgan fingerprint density at radius 1 is 1.18 bits per heavy atom. The van der Waals surface area contributed by atoms with Crippen LogP contribution in [0.2, 0.25) is 0 Å². The number of halogens is 1. The molecule has 1 fully saturated rings. The number of fused-ring (bicyclic) bond motifs is 3. The fourth-order valence-electron chi connectivity index (χ4n) is 5.95. The summed E-state index contributed by atoms with van der Waals surface area (Å²) in [7, 11) is 2.87. The van der Waals surface area contributed by atoms with E-state index in [1.807, 2.05) is 0 Å². The zero-order valence-electron chi connectivity index (χ0n) is 20.9. The monoisotopic (exact) mass is 593 g/mol. The number of phenols is 1. The number of aliphatic hydroxyl groups excluding tert-OH is 3. The Morgan fingerprint density at radius 3 is 2.32 bits per heavy atom. The first-order valence-electron chi connectivity index (χ1n) is 11.7. The number of primary amides is 1. The summed E-state index contributed by atoms with van der Waals surface area (Å²) in [6, 6.07) is 1.49. The van der Waals surface area contributed by atoms with E-state index in [1.165, 1.54) is 31.1 Å². The maximum Gasteiger partial charge on any atom is 0.255 e. The predicted octanol–water partition coefficient (Wildman–Crippen LogP) is 0.218. The zero-order valence-corrected chi connectivity index (χ0v) is 22.5. The van der Waals surface area contributed by atoms with Gasteiger partial charge in [-0.05, 0) is 38.6 Å². The lowest BCUT2D eigenvalue weighted by atomic mass is 9.54. The van der Waals surface area contributed by atoms with Crippen LogP contribution in [0.4, 0.5) is 5.69 Å². The van der Waals surface area contributed by atoms with E-state index in [9.17, 15) is 44.7 Å². The van der Waals surface area contributed by atoms with Crippen molar-refractivity contribution < 1.29 is 44.7 Å². The number of carbonyl (C=O) groups excluding carboxylic acids is 4. The Bertz CT molecular complexity index is 1350. The van der Waals surface area contributed by atoms with Crippen molar-refractivity contribution in [2.75, 3.05) is 19.4 Å². The normalized spacial score (nSPS) is 31.5. The average molecular weight is 594 g/mol. The Morgan fingerprint density at radius 2 is 1.79 bits per heavy atom. The van der Waals surface area contributed by atoms with Crippen LogP contribution in [0.3, 0.4) is 0 Å². The second-order valence-electron chi connectivity index (χ2n) is 10.1. The number of aliphatic hydroxyl groups is 4. The van der Waals surface area contributed by atoms with Gasteiger partial charge in [0.25, 0.3) is 5.91 Å². The van der Waals surface area contributed by atoms with Crippen molar-refractivity contribution in [2.24, 2.45) is 17.6 Å². The number of likely N-dealkylation sites (N-methyl/N-ethyl adjacent to an activating group) is 1. The van der Waals surface area contributed by atoms with Gasteiger partial charge in [0.2, 0.25) is 11.7 Å². The highest BCUT2D eigenvalue weighted by Gasteiger charge is 2.68.